The van der Waals surface area contributed by atoms with Crippen molar-refractivity contribution in [2.24, 2.45) is 5.73 Å². The lowest BCUT2D eigenvalue weighted by atomic mass is 10.0. The van der Waals surface area contributed by atoms with E-state index in [4.69, 9.17) is 19.9 Å². The Morgan fingerprint density at radius 3 is 2.81 bits per heavy atom. The van der Waals surface area contributed by atoms with Gasteiger partial charge >= 0.3 is 5.97 Å². The number of furan rings is 1. The molecule has 130 valence electrons. The molecule has 0 aliphatic heterocycles. The van der Waals surface area contributed by atoms with Gasteiger partial charge in [0.25, 0.3) is 5.91 Å². The van der Waals surface area contributed by atoms with Crippen LogP contribution in [-0.2, 0) is 16.0 Å². The Bertz CT molecular complexity index is 1040. The molecule has 0 spiro atoms. The highest BCUT2D eigenvalue weighted by atomic mass is 16.5. The Morgan fingerprint density at radius 2 is 2.04 bits per heavy atom. The largest absolute Gasteiger partial charge is 0.465 e. The number of ether oxygens (including phenoxy) is 1. The van der Waals surface area contributed by atoms with Gasteiger partial charge in [0.05, 0.1) is 23.0 Å². The maximum atomic E-state index is 12.7. The highest BCUT2D eigenvalue weighted by Gasteiger charge is 2.27. The van der Waals surface area contributed by atoms with Crippen molar-refractivity contribution in [2.75, 3.05) is 6.61 Å². The third-order valence-corrected chi connectivity index (χ3v) is 4.35. The summed E-state index contributed by atoms with van der Waals surface area (Å²) in [4.78, 5) is 28.4. The molecule has 0 saturated heterocycles. The number of nitrogens with zero attached hydrogens (tertiary/aromatic N) is 1. The topological polar surface area (TPSA) is 95.4 Å². The van der Waals surface area contributed by atoms with E-state index in [0.717, 1.165) is 29.0 Å². The van der Waals surface area contributed by atoms with Gasteiger partial charge in [-0.05, 0) is 48.3 Å². The first-order valence-electron chi connectivity index (χ1n) is 8.25. The van der Waals surface area contributed by atoms with E-state index in [1.165, 1.54) is 0 Å². The Labute approximate surface area is 149 Å². The van der Waals surface area contributed by atoms with Gasteiger partial charge in [0.2, 0.25) is 0 Å². The van der Waals surface area contributed by atoms with Gasteiger partial charge in [-0.15, -0.1) is 0 Å². The van der Waals surface area contributed by atoms with Crippen molar-refractivity contribution in [3.8, 4) is 0 Å². The van der Waals surface area contributed by atoms with E-state index in [9.17, 15) is 9.59 Å². The van der Waals surface area contributed by atoms with E-state index in [0.29, 0.717) is 22.9 Å². The molecule has 3 aromatic rings. The van der Waals surface area contributed by atoms with Crippen molar-refractivity contribution in [3.63, 3.8) is 0 Å². The van der Waals surface area contributed by atoms with E-state index in [2.05, 4.69) is 0 Å². The van der Waals surface area contributed by atoms with E-state index in [1.807, 2.05) is 42.5 Å². The van der Waals surface area contributed by atoms with Gasteiger partial charge < -0.3 is 14.9 Å². The number of allylic oxidation sites excluding steroid dienone is 1. The van der Waals surface area contributed by atoms with E-state index in [1.54, 1.807) is 6.26 Å². The van der Waals surface area contributed by atoms with Crippen LogP contribution in [0, 0.1) is 0 Å². The van der Waals surface area contributed by atoms with Crippen molar-refractivity contribution >= 4 is 34.4 Å². The molecule has 2 heterocycles. The van der Waals surface area contributed by atoms with Gasteiger partial charge in [-0.2, -0.15) is 0 Å². The van der Waals surface area contributed by atoms with Crippen LogP contribution in [-0.4, -0.2) is 23.5 Å². The van der Waals surface area contributed by atoms with Crippen molar-refractivity contribution in [1.29, 1.82) is 0 Å². The average Bonchev–Trinajstić information content (AvgIpc) is 3.28. The number of carbonyl (C=O) groups is 2. The van der Waals surface area contributed by atoms with Crippen molar-refractivity contribution < 1.29 is 18.7 Å². The maximum absolute atomic E-state index is 12.7. The zero-order valence-corrected chi connectivity index (χ0v) is 13.9. The number of benzene rings is 1. The Hall–Kier alpha value is -3.41. The predicted octanol–water partition coefficient (Wildman–Crippen LogP) is 2.96. The summed E-state index contributed by atoms with van der Waals surface area (Å²) in [6.07, 6.45) is 4.96. The molecular weight excluding hydrogens is 332 g/mol. The maximum Gasteiger partial charge on any atom is 0.339 e. The molecule has 2 N–H and O–H groups in total. The van der Waals surface area contributed by atoms with Crippen LogP contribution in [0.25, 0.3) is 22.6 Å². The molecular formula is C20H16N2O4. The number of pyridine rings is 1. The lowest BCUT2D eigenvalue weighted by Crippen LogP contribution is -2.21. The van der Waals surface area contributed by atoms with Gasteiger partial charge in [0, 0.05) is 5.39 Å². The standard InChI is InChI=1S/C20H16N2O4/c21-17(23)11-26-20(24)18-14-5-1-2-6-16(14)22-19-12(7-8-15(18)19)10-13-4-3-9-25-13/h1-6,9-10H,7-8,11H2,(H2,21,23)/b12-10-. The van der Waals surface area contributed by atoms with E-state index < -0.39 is 18.5 Å². The number of hydrogen-bond acceptors (Lipinski definition) is 5. The molecule has 0 fully saturated rings. The number of amides is 1. The number of nitrogens with two attached hydrogens (primary N) is 1. The zero-order valence-electron chi connectivity index (χ0n) is 13.9. The first kappa shape index (κ1) is 16.1. The number of fused-ring (bicyclic) bond motifs is 2. The minimum absolute atomic E-state index is 0.445. The summed E-state index contributed by atoms with van der Waals surface area (Å²) in [7, 11) is 0. The van der Waals surface area contributed by atoms with Crippen LogP contribution in [0.1, 0.15) is 33.8 Å². The van der Waals surface area contributed by atoms with E-state index in [-0.39, 0.29) is 0 Å². The number of hydrogen-bond donors (Lipinski definition) is 1. The van der Waals surface area contributed by atoms with Crippen LogP contribution < -0.4 is 5.73 Å². The molecule has 4 rings (SSSR count). The normalized spacial score (nSPS) is 14.5. The first-order chi connectivity index (χ1) is 12.6. The SMILES string of the molecule is NC(=O)COC(=O)c1c2c(nc3ccccc13)/C(=C\c1ccco1)CC2. The van der Waals surface area contributed by atoms with Gasteiger partial charge in [-0.25, -0.2) is 9.78 Å². The second-order valence-electron chi connectivity index (χ2n) is 6.06. The highest BCUT2D eigenvalue weighted by molar-refractivity contribution is 6.07. The number of carbonyl (C=O) groups excluding carboxylic acids is 2. The van der Waals surface area contributed by atoms with Crippen LogP contribution in [0.4, 0.5) is 0 Å². The smallest absolute Gasteiger partial charge is 0.339 e. The number of para-hydroxylation sites is 1. The number of esters is 1. The second-order valence-corrected chi connectivity index (χ2v) is 6.06. The third-order valence-electron chi connectivity index (χ3n) is 4.35. The van der Waals surface area contributed by atoms with Crippen LogP contribution in [0.2, 0.25) is 0 Å². The van der Waals surface area contributed by atoms with Crippen LogP contribution in [0.15, 0.2) is 47.1 Å². The predicted molar refractivity (Wildman–Crippen MR) is 96.1 cm³/mol. The van der Waals surface area contributed by atoms with Crippen molar-refractivity contribution in [3.05, 3.63) is 65.2 Å². The Morgan fingerprint density at radius 1 is 1.19 bits per heavy atom. The minimum atomic E-state index is -0.688. The number of primary amides is 1. The third kappa shape index (κ3) is 2.86. The summed E-state index contributed by atoms with van der Waals surface area (Å²) in [6, 6.07) is 11.1. The van der Waals surface area contributed by atoms with Crippen LogP contribution >= 0.6 is 0 Å². The molecule has 26 heavy (non-hydrogen) atoms. The van der Waals surface area contributed by atoms with Crippen molar-refractivity contribution in [1.82, 2.24) is 4.98 Å². The summed E-state index contributed by atoms with van der Waals surface area (Å²) in [5, 5.41) is 0.708. The molecule has 0 radical (unpaired) electrons. The molecule has 6 heteroatoms. The molecule has 0 atom stereocenters. The summed E-state index contributed by atoms with van der Waals surface area (Å²) in [5.41, 5.74) is 8.85. The summed E-state index contributed by atoms with van der Waals surface area (Å²) < 4.78 is 10.5. The van der Waals surface area contributed by atoms with Crippen LogP contribution in [0.5, 0.6) is 0 Å². The summed E-state index contributed by atoms with van der Waals surface area (Å²) >= 11 is 0. The molecule has 1 aromatic carbocycles. The molecule has 2 aromatic heterocycles. The Balaban J connectivity index is 1.86. The van der Waals surface area contributed by atoms with Crippen LogP contribution in [0.3, 0.4) is 0 Å². The monoisotopic (exact) mass is 348 g/mol. The van der Waals surface area contributed by atoms with Crippen molar-refractivity contribution in [2.45, 2.75) is 12.8 Å². The van der Waals surface area contributed by atoms with E-state index >= 15 is 0 Å². The van der Waals surface area contributed by atoms with Gasteiger partial charge in [0.1, 0.15) is 5.76 Å². The summed E-state index contributed by atoms with van der Waals surface area (Å²) in [6.45, 7) is -0.445. The minimum Gasteiger partial charge on any atom is -0.465 e. The van der Waals surface area contributed by atoms with Gasteiger partial charge in [-0.3, -0.25) is 4.79 Å². The molecule has 1 amide bonds. The lowest BCUT2D eigenvalue weighted by molar-refractivity contribution is -0.121. The quantitative estimate of drug-likeness (QED) is 0.731. The fraction of sp³-hybridized carbons (Fsp3) is 0.150. The average molecular weight is 348 g/mol. The van der Waals surface area contributed by atoms with Gasteiger partial charge in [0.15, 0.2) is 6.61 Å². The van der Waals surface area contributed by atoms with Gasteiger partial charge in [-0.1, -0.05) is 18.2 Å². The highest BCUT2D eigenvalue weighted by Crippen LogP contribution is 2.37. The number of aromatic nitrogens is 1. The molecule has 1 aliphatic carbocycles. The molecule has 6 nitrogen and oxygen atoms in total. The summed E-state index contributed by atoms with van der Waals surface area (Å²) in [5.74, 6) is -0.509. The zero-order chi connectivity index (χ0) is 18.1. The lowest BCUT2D eigenvalue weighted by Gasteiger charge is -2.11. The Kier molecular flexibility index (Phi) is 4.01. The molecule has 1 aliphatic rings. The fourth-order valence-electron chi connectivity index (χ4n) is 3.27. The number of rotatable bonds is 4. The second kappa shape index (κ2) is 6.48. The molecule has 0 unspecified atom stereocenters. The molecule has 0 saturated carbocycles. The molecule has 0 bridgehead atoms. The first-order valence-corrected chi connectivity index (χ1v) is 8.25. The fourth-order valence-corrected chi connectivity index (χ4v) is 3.27.